The summed E-state index contributed by atoms with van der Waals surface area (Å²) in [6.45, 7) is 11.1. The number of fused-ring (bicyclic) bond motifs is 1. The van der Waals surface area contributed by atoms with E-state index in [0.29, 0.717) is 90.4 Å². The number of aliphatic hydroxyl groups excluding tert-OH is 1. The molecule has 16 heteroatoms. The fourth-order valence-corrected chi connectivity index (χ4v) is 10.2. The van der Waals surface area contributed by atoms with E-state index >= 15 is 0 Å². The zero-order chi connectivity index (χ0) is 46.6. The van der Waals surface area contributed by atoms with E-state index in [1.165, 1.54) is 5.56 Å². The number of carboxylic acids is 1. The van der Waals surface area contributed by atoms with Gasteiger partial charge in [-0.1, -0.05) is 12.5 Å². The Morgan fingerprint density at radius 1 is 0.970 bits per heavy atom. The average molecular weight is 911 g/mol. The molecule has 7 rings (SSSR count). The van der Waals surface area contributed by atoms with Gasteiger partial charge in [0.2, 0.25) is 11.8 Å². The largest absolute Gasteiger partial charge is 0.481 e. The number of carbonyl (C=O) groups excluding carboxylic acids is 3. The van der Waals surface area contributed by atoms with Gasteiger partial charge in [-0.05, 0) is 119 Å². The van der Waals surface area contributed by atoms with Crippen molar-refractivity contribution >= 4 is 40.9 Å². The Kier molecular flexibility index (Phi) is 17.4. The third-order valence-corrected chi connectivity index (χ3v) is 13.7. The fraction of sp³-hybridized carbons (Fsp3) is 0.620. The Morgan fingerprint density at radius 3 is 2.56 bits per heavy atom. The number of likely N-dealkylation sites (tertiary alicyclic amines) is 1. The predicted octanol–water partition coefficient (Wildman–Crippen LogP) is 4.64. The number of piperazine rings is 1. The molecule has 3 aromatic rings. The summed E-state index contributed by atoms with van der Waals surface area (Å²) in [6, 6.07) is 12.8. The van der Waals surface area contributed by atoms with Gasteiger partial charge >= 0.3 is 11.9 Å². The first-order valence-electron chi connectivity index (χ1n) is 24.4. The van der Waals surface area contributed by atoms with Gasteiger partial charge in [-0.2, -0.15) is 9.67 Å². The van der Waals surface area contributed by atoms with Crippen LogP contribution in [0.1, 0.15) is 111 Å². The Balaban J connectivity index is 0.878. The van der Waals surface area contributed by atoms with E-state index in [-0.39, 0.29) is 36.5 Å². The van der Waals surface area contributed by atoms with Crippen LogP contribution in [0.3, 0.4) is 0 Å². The van der Waals surface area contributed by atoms with E-state index in [1.807, 2.05) is 29.5 Å². The summed E-state index contributed by atoms with van der Waals surface area (Å²) in [4.78, 5) is 62.5. The van der Waals surface area contributed by atoms with Crippen LogP contribution in [0, 0.1) is 19.8 Å². The van der Waals surface area contributed by atoms with Gasteiger partial charge in [-0.15, -0.1) is 0 Å². The summed E-state index contributed by atoms with van der Waals surface area (Å²) in [5.74, 6) is 0.511. The highest BCUT2D eigenvalue weighted by Crippen LogP contribution is 2.33. The number of methoxy groups -OCH3 is 1. The topological polar surface area (TPSA) is 185 Å². The molecule has 4 N–H and O–H groups in total. The number of hydrogen-bond donors (Lipinski definition) is 4. The van der Waals surface area contributed by atoms with Crippen molar-refractivity contribution < 1.29 is 38.7 Å². The van der Waals surface area contributed by atoms with Crippen molar-refractivity contribution in [1.82, 2.24) is 29.9 Å². The number of rotatable bonds is 22. The molecule has 0 spiro atoms. The molecule has 4 aliphatic heterocycles. The minimum Gasteiger partial charge on any atom is -0.481 e. The van der Waals surface area contributed by atoms with Crippen molar-refractivity contribution in [2.45, 2.75) is 116 Å². The molecular formula is C50H72N9O7+. The Hall–Kier alpha value is -5.19. The number of pyridine rings is 1. The number of aryl methyl sites for hydroxylation is 4. The van der Waals surface area contributed by atoms with Crippen molar-refractivity contribution in [3.63, 3.8) is 0 Å². The summed E-state index contributed by atoms with van der Waals surface area (Å²) in [5, 5.41) is 31.4. The minimum atomic E-state index is -0.817. The van der Waals surface area contributed by atoms with Gasteiger partial charge in [-0.3, -0.25) is 14.4 Å². The number of hydrogen-bond acceptors (Lipinski definition) is 11. The molecule has 1 aromatic carbocycles. The number of nitrogens with zero attached hydrogens (tertiary/aromatic N) is 7. The van der Waals surface area contributed by atoms with Gasteiger partial charge in [0.05, 0.1) is 30.6 Å². The molecule has 66 heavy (non-hydrogen) atoms. The Bertz CT molecular complexity index is 2200. The molecular weight excluding hydrogens is 839 g/mol. The van der Waals surface area contributed by atoms with E-state index in [1.54, 1.807) is 11.7 Å². The van der Waals surface area contributed by atoms with Crippen LogP contribution in [-0.2, 0) is 36.8 Å². The first-order chi connectivity index (χ1) is 31.9. The molecule has 0 saturated carbocycles. The molecule has 0 unspecified atom stereocenters. The highest BCUT2D eigenvalue weighted by Gasteiger charge is 2.34. The van der Waals surface area contributed by atoms with Gasteiger partial charge < -0.3 is 40.3 Å². The van der Waals surface area contributed by atoms with Gasteiger partial charge in [0.1, 0.15) is 18.5 Å². The zero-order valence-corrected chi connectivity index (χ0v) is 39.4. The lowest BCUT2D eigenvalue weighted by molar-refractivity contribution is -0.450. The number of amides is 3. The predicted molar refractivity (Wildman–Crippen MR) is 254 cm³/mol. The smallest absolute Gasteiger partial charge is 0.387 e. The quantitative estimate of drug-likeness (QED) is 0.0811. The van der Waals surface area contributed by atoms with Crippen molar-refractivity contribution in [1.29, 1.82) is 0 Å². The van der Waals surface area contributed by atoms with Crippen LogP contribution >= 0.6 is 0 Å². The highest BCUT2D eigenvalue weighted by atomic mass is 16.5. The van der Waals surface area contributed by atoms with Crippen molar-refractivity contribution in [2.24, 2.45) is 5.92 Å². The third-order valence-electron chi connectivity index (χ3n) is 13.7. The van der Waals surface area contributed by atoms with Crippen molar-refractivity contribution in [3.8, 4) is 5.69 Å². The first-order valence-corrected chi connectivity index (χ1v) is 24.4. The fourth-order valence-electron chi connectivity index (χ4n) is 10.2. The lowest BCUT2D eigenvalue weighted by atomic mass is 9.93. The second-order valence-corrected chi connectivity index (χ2v) is 19.0. The maximum atomic E-state index is 13.3. The maximum Gasteiger partial charge on any atom is 0.387 e. The number of β-amino-alcohol motifs (C(OH)–C–C–N with tert-alkyl or cyclic N) is 1. The van der Waals surface area contributed by atoms with Crippen LogP contribution in [0.4, 0.5) is 11.5 Å². The summed E-state index contributed by atoms with van der Waals surface area (Å²) in [6.07, 6.45) is 8.99. The lowest BCUT2D eigenvalue weighted by Crippen LogP contribution is -2.48. The zero-order valence-electron chi connectivity index (χ0n) is 39.4. The van der Waals surface area contributed by atoms with Crippen molar-refractivity contribution in [2.75, 3.05) is 89.4 Å². The van der Waals surface area contributed by atoms with Crippen LogP contribution in [-0.4, -0.2) is 154 Å². The number of carboxylic acid groups (broad SMARTS) is 1. The summed E-state index contributed by atoms with van der Waals surface area (Å²) >= 11 is 0. The lowest BCUT2D eigenvalue weighted by Gasteiger charge is -2.37. The van der Waals surface area contributed by atoms with Crippen LogP contribution in [0.5, 0.6) is 0 Å². The van der Waals surface area contributed by atoms with E-state index in [0.717, 1.165) is 110 Å². The highest BCUT2D eigenvalue weighted by molar-refractivity contribution is 5.88. The summed E-state index contributed by atoms with van der Waals surface area (Å²) in [5.41, 5.74) is 8.05. The SMILES string of the molecule is COCC1=[N+](C(=O)CCCCCNC(=O)CCCC(=O)N2CCN(c3cc([C@@H](CC(=O)O)CN4CC[C@@H](CCc5ccc6c(n5)NCCC6)C4)cc(-n4nc(C)cc4C)c3)CC2)C[C@H](O)C1. The summed E-state index contributed by atoms with van der Waals surface area (Å²) in [7, 11) is 1.58. The number of aromatic nitrogens is 3. The van der Waals surface area contributed by atoms with Gasteiger partial charge in [0.15, 0.2) is 12.3 Å². The molecule has 0 bridgehead atoms. The van der Waals surface area contributed by atoms with Gasteiger partial charge in [-0.25, -0.2) is 14.5 Å². The first kappa shape index (κ1) is 48.7. The van der Waals surface area contributed by atoms with Crippen LogP contribution in [0.15, 0.2) is 36.4 Å². The number of unbranched alkanes of at least 4 members (excludes halogenated alkanes) is 2. The maximum absolute atomic E-state index is 13.3. The molecule has 2 saturated heterocycles. The van der Waals surface area contributed by atoms with Crippen molar-refractivity contribution in [3.05, 3.63) is 64.6 Å². The van der Waals surface area contributed by atoms with Crippen LogP contribution in [0.25, 0.3) is 5.69 Å². The van der Waals surface area contributed by atoms with E-state index in [4.69, 9.17) is 14.8 Å². The molecule has 3 amide bonds. The standard InChI is InChI=1S/C50H71N9O7/c1-35-25-36(2)59(54-35)43-27-39(40(28-49(64)65)32-55-20-17-37(31-55)13-15-41-16-14-38-9-8-19-52-50(38)53-41)26-42(29-43)56-21-23-57(24-22-56)47(62)12-7-10-46(61)51-18-6-4-5-11-48(63)58-33-45(60)30-44(58)34-66-3/h14,16,25-27,29,37,40,45,60H,4-13,15,17-24,28,30-34H2,1-3H3,(H2-,51,52,53,61,64,65)/p+1/t37-,40+,45-/m1/s1. The van der Waals surface area contributed by atoms with Gasteiger partial charge in [0, 0.05) is 95.3 Å². The molecule has 0 radical (unpaired) electrons. The molecule has 6 heterocycles. The third kappa shape index (κ3) is 13.5. The second-order valence-electron chi connectivity index (χ2n) is 19.0. The van der Waals surface area contributed by atoms with Crippen LogP contribution in [0.2, 0.25) is 0 Å². The van der Waals surface area contributed by atoms with Gasteiger partial charge in [0.25, 0.3) is 0 Å². The normalized spacial score (nSPS) is 19.2. The molecule has 4 aliphatic rings. The average Bonchev–Trinajstić information content (AvgIpc) is 4.02. The number of ether oxygens (including phenoxy) is 1. The second kappa shape index (κ2) is 23.5. The number of aliphatic carboxylic acids is 1. The molecule has 0 aliphatic carbocycles. The number of aliphatic hydroxyl groups is 1. The van der Waals surface area contributed by atoms with Crippen LogP contribution < -0.4 is 15.5 Å². The minimum absolute atomic E-state index is 0.000297. The number of anilines is 2. The number of nitrogens with one attached hydrogen (secondary N) is 2. The Labute approximate surface area is 389 Å². The van der Waals surface area contributed by atoms with E-state index < -0.39 is 12.1 Å². The molecule has 2 aromatic heterocycles. The number of carbonyl (C=O) groups is 4. The van der Waals surface area contributed by atoms with E-state index in [2.05, 4.69) is 50.8 Å². The summed E-state index contributed by atoms with van der Waals surface area (Å²) < 4.78 is 8.76. The monoisotopic (exact) mass is 911 g/mol. The molecule has 16 nitrogen and oxygen atoms in total. The Morgan fingerprint density at radius 2 is 1.79 bits per heavy atom. The number of benzene rings is 1. The molecule has 358 valence electrons. The molecule has 2 fully saturated rings. The molecule has 3 atom stereocenters. The van der Waals surface area contributed by atoms with E-state index in [9.17, 15) is 29.4 Å².